The molecule has 0 bridgehead atoms. The Hall–Kier alpha value is -0.0400. The zero-order chi connectivity index (χ0) is 13.9. The van der Waals surface area contributed by atoms with Crippen molar-refractivity contribution in [2.45, 2.75) is 58.5 Å². The van der Waals surface area contributed by atoms with Crippen molar-refractivity contribution in [3.8, 4) is 0 Å². The van der Waals surface area contributed by atoms with Crippen LogP contribution in [0, 0.1) is 10.8 Å². The SMILES string of the molecule is CN=C(NCC1(C)CC1)NCC1(C)CCCCC1O.I. The van der Waals surface area contributed by atoms with Crippen molar-refractivity contribution in [2.24, 2.45) is 15.8 Å². The number of hydrogen-bond donors (Lipinski definition) is 3. The van der Waals surface area contributed by atoms with Gasteiger partial charge in [0.2, 0.25) is 0 Å². The largest absolute Gasteiger partial charge is 0.392 e. The van der Waals surface area contributed by atoms with E-state index < -0.39 is 0 Å². The van der Waals surface area contributed by atoms with Crippen LogP contribution in [0.4, 0.5) is 0 Å². The zero-order valence-electron chi connectivity index (χ0n) is 13.0. The van der Waals surface area contributed by atoms with Gasteiger partial charge in [-0.1, -0.05) is 26.7 Å². The molecule has 0 radical (unpaired) electrons. The molecule has 20 heavy (non-hydrogen) atoms. The van der Waals surface area contributed by atoms with Crippen LogP contribution in [0.15, 0.2) is 4.99 Å². The summed E-state index contributed by atoms with van der Waals surface area (Å²) in [5, 5.41) is 17.0. The highest BCUT2D eigenvalue weighted by Gasteiger charge is 2.38. The van der Waals surface area contributed by atoms with Gasteiger partial charge in [0.25, 0.3) is 0 Å². The predicted molar refractivity (Wildman–Crippen MR) is 94.7 cm³/mol. The maximum atomic E-state index is 10.2. The molecule has 2 fully saturated rings. The van der Waals surface area contributed by atoms with Crippen molar-refractivity contribution in [3.05, 3.63) is 0 Å². The average Bonchev–Trinajstić information content (AvgIpc) is 3.12. The van der Waals surface area contributed by atoms with E-state index in [4.69, 9.17) is 0 Å². The van der Waals surface area contributed by atoms with Crippen LogP contribution in [0.25, 0.3) is 0 Å². The number of aliphatic hydroxyl groups excluding tert-OH is 1. The molecule has 0 aromatic carbocycles. The highest BCUT2D eigenvalue weighted by atomic mass is 127. The minimum absolute atomic E-state index is 0. The first-order valence-electron chi connectivity index (χ1n) is 7.60. The molecule has 3 N–H and O–H groups in total. The molecule has 0 spiro atoms. The number of rotatable bonds is 4. The van der Waals surface area contributed by atoms with Crippen LogP contribution in [0.2, 0.25) is 0 Å². The lowest BCUT2D eigenvalue weighted by molar-refractivity contribution is 0.00397. The lowest BCUT2D eigenvalue weighted by Gasteiger charge is -2.38. The smallest absolute Gasteiger partial charge is 0.191 e. The Bertz CT molecular complexity index is 344. The van der Waals surface area contributed by atoms with E-state index in [1.54, 1.807) is 0 Å². The number of nitrogens with zero attached hydrogens (tertiary/aromatic N) is 1. The second kappa shape index (κ2) is 7.29. The number of guanidine groups is 1. The summed E-state index contributed by atoms with van der Waals surface area (Å²) in [6.07, 6.45) is 6.84. The van der Waals surface area contributed by atoms with Gasteiger partial charge in [-0.15, -0.1) is 24.0 Å². The van der Waals surface area contributed by atoms with E-state index in [1.165, 1.54) is 19.3 Å². The predicted octanol–water partition coefficient (Wildman–Crippen LogP) is 2.51. The Balaban J connectivity index is 0.00000200. The summed E-state index contributed by atoms with van der Waals surface area (Å²) < 4.78 is 0. The van der Waals surface area contributed by atoms with Gasteiger partial charge < -0.3 is 15.7 Å². The summed E-state index contributed by atoms with van der Waals surface area (Å²) in [5.74, 6) is 0.868. The number of hydrogen-bond acceptors (Lipinski definition) is 2. The topological polar surface area (TPSA) is 56.7 Å². The lowest BCUT2D eigenvalue weighted by Crippen LogP contribution is -2.49. The van der Waals surface area contributed by atoms with Crippen molar-refractivity contribution in [3.63, 3.8) is 0 Å². The second-order valence-electron chi connectivity index (χ2n) is 7.01. The van der Waals surface area contributed by atoms with Gasteiger partial charge in [-0.25, -0.2) is 0 Å². The second-order valence-corrected chi connectivity index (χ2v) is 7.01. The van der Waals surface area contributed by atoms with Gasteiger partial charge in [0.05, 0.1) is 6.10 Å². The van der Waals surface area contributed by atoms with Crippen LogP contribution >= 0.6 is 24.0 Å². The molecule has 0 saturated heterocycles. The minimum atomic E-state index is -0.187. The first-order chi connectivity index (χ1) is 8.97. The van der Waals surface area contributed by atoms with Gasteiger partial charge in [-0.05, 0) is 31.1 Å². The van der Waals surface area contributed by atoms with Gasteiger partial charge in [0.15, 0.2) is 5.96 Å². The first kappa shape index (κ1) is 18.0. The maximum absolute atomic E-state index is 10.2. The fourth-order valence-corrected chi connectivity index (χ4v) is 2.78. The Kier molecular flexibility index (Phi) is 6.57. The molecule has 0 amide bonds. The van der Waals surface area contributed by atoms with Crippen molar-refractivity contribution in [1.29, 1.82) is 0 Å². The molecule has 4 nitrogen and oxygen atoms in total. The van der Waals surface area contributed by atoms with Crippen LogP contribution in [-0.2, 0) is 0 Å². The van der Waals surface area contributed by atoms with Crippen LogP contribution in [0.5, 0.6) is 0 Å². The molecule has 2 unspecified atom stereocenters. The monoisotopic (exact) mass is 395 g/mol. The van der Waals surface area contributed by atoms with E-state index in [0.717, 1.165) is 38.3 Å². The molecule has 2 atom stereocenters. The summed E-state index contributed by atoms with van der Waals surface area (Å²) in [5.41, 5.74) is 0.464. The average molecular weight is 395 g/mol. The number of nitrogens with one attached hydrogen (secondary N) is 2. The number of aliphatic hydroxyl groups is 1. The van der Waals surface area contributed by atoms with Crippen molar-refractivity contribution >= 4 is 29.9 Å². The summed E-state index contributed by atoms with van der Waals surface area (Å²) >= 11 is 0. The third-order valence-corrected chi connectivity index (χ3v) is 4.95. The fourth-order valence-electron chi connectivity index (χ4n) is 2.78. The Labute approximate surface area is 140 Å². The molecular weight excluding hydrogens is 365 g/mol. The summed E-state index contributed by atoms with van der Waals surface area (Å²) in [6.45, 7) is 6.27. The van der Waals surface area contributed by atoms with Gasteiger partial charge >= 0.3 is 0 Å². The summed E-state index contributed by atoms with van der Waals surface area (Å²) in [7, 11) is 1.81. The number of aliphatic imine (C=N–C) groups is 1. The normalized spacial score (nSPS) is 32.2. The summed E-state index contributed by atoms with van der Waals surface area (Å²) in [4.78, 5) is 4.27. The van der Waals surface area contributed by atoms with E-state index >= 15 is 0 Å². The molecule has 5 heteroatoms. The standard InChI is InChI=1S/C15H29N3O.HI/c1-14(8-9-14)10-17-13(16-3)18-11-15(2)7-5-4-6-12(15)19;/h12,19H,4-11H2,1-3H3,(H2,16,17,18);1H. The molecular formula is C15H30IN3O. The van der Waals surface area contributed by atoms with Crippen LogP contribution in [0.3, 0.4) is 0 Å². The Morgan fingerprint density at radius 1 is 1.15 bits per heavy atom. The van der Waals surface area contributed by atoms with E-state index in [1.807, 2.05) is 7.05 Å². The van der Waals surface area contributed by atoms with E-state index in [-0.39, 0.29) is 35.5 Å². The van der Waals surface area contributed by atoms with Crippen molar-refractivity contribution in [2.75, 3.05) is 20.1 Å². The first-order valence-corrected chi connectivity index (χ1v) is 7.60. The van der Waals surface area contributed by atoms with E-state index in [2.05, 4.69) is 29.5 Å². The highest BCUT2D eigenvalue weighted by molar-refractivity contribution is 14.0. The minimum Gasteiger partial charge on any atom is -0.392 e. The molecule has 2 aliphatic carbocycles. The quantitative estimate of drug-likeness (QED) is 0.390. The maximum Gasteiger partial charge on any atom is 0.191 e. The van der Waals surface area contributed by atoms with Gasteiger partial charge in [0, 0.05) is 25.6 Å². The fraction of sp³-hybridized carbons (Fsp3) is 0.933. The zero-order valence-corrected chi connectivity index (χ0v) is 15.4. The third kappa shape index (κ3) is 4.76. The molecule has 0 aliphatic heterocycles. The molecule has 2 aliphatic rings. The van der Waals surface area contributed by atoms with Crippen LogP contribution < -0.4 is 10.6 Å². The molecule has 2 saturated carbocycles. The molecule has 2 rings (SSSR count). The van der Waals surface area contributed by atoms with Gasteiger partial charge in [0.1, 0.15) is 0 Å². The van der Waals surface area contributed by atoms with E-state index in [0.29, 0.717) is 5.41 Å². The van der Waals surface area contributed by atoms with E-state index in [9.17, 15) is 5.11 Å². The summed E-state index contributed by atoms with van der Waals surface area (Å²) in [6, 6.07) is 0. The van der Waals surface area contributed by atoms with Crippen molar-refractivity contribution in [1.82, 2.24) is 10.6 Å². The highest BCUT2D eigenvalue weighted by Crippen LogP contribution is 2.44. The van der Waals surface area contributed by atoms with Crippen LogP contribution in [0.1, 0.15) is 52.4 Å². The van der Waals surface area contributed by atoms with Gasteiger partial charge in [-0.2, -0.15) is 0 Å². The Morgan fingerprint density at radius 2 is 1.80 bits per heavy atom. The van der Waals surface area contributed by atoms with Crippen molar-refractivity contribution < 1.29 is 5.11 Å². The van der Waals surface area contributed by atoms with Crippen LogP contribution in [-0.4, -0.2) is 37.3 Å². The molecule has 0 heterocycles. The lowest BCUT2D eigenvalue weighted by atomic mass is 9.73. The molecule has 0 aromatic heterocycles. The molecule has 118 valence electrons. The van der Waals surface area contributed by atoms with Gasteiger partial charge in [-0.3, -0.25) is 4.99 Å². The number of halogens is 1. The molecule has 0 aromatic rings. The third-order valence-electron chi connectivity index (χ3n) is 4.95. The Morgan fingerprint density at radius 3 is 2.35 bits per heavy atom.